The Bertz CT molecular complexity index is 533. The molecule has 4 nitrogen and oxygen atoms in total. The van der Waals surface area contributed by atoms with Crippen molar-refractivity contribution in [1.82, 2.24) is 4.90 Å². The Labute approximate surface area is 139 Å². The Kier molecular flexibility index (Phi) is 5.15. The average Bonchev–Trinajstić information content (AvgIpc) is 3.04. The maximum Gasteiger partial charge on any atom is 0.244 e. The molecular weight excluding hydrogens is 298 g/mol. The lowest BCUT2D eigenvalue weighted by Gasteiger charge is -2.26. The van der Waals surface area contributed by atoms with Gasteiger partial charge in [-0.25, -0.2) is 0 Å². The largest absolute Gasteiger partial charge is 0.330 e. The van der Waals surface area contributed by atoms with E-state index in [9.17, 15) is 4.79 Å². The van der Waals surface area contributed by atoms with Crippen molar-refractivity contribution in [2.75, 3.05) is 31.1 Å². The summed E-state index contributed by atoms with van der Waals surface area (Å²) in [5.41, 5.74) is 8.30. The summed E-state index contributed by atoms with van der Waals surface area (Å²) in [4.78, 5) is 17.0. The van der Waals surface area contributed by atoms with E-state index in [1.165, 1.54) is 5.56 Å². The zero-order chi connectivity index (χ0) is 15.0. The van der Waals surface area contributed by atoms with E-state index in [2.05, 4.69) is 30.9 Å². The Morgan fingerprint density at radius 3 is 2.55 bits per heavy atom. The maximum absolute atomic E-state index is 12.7. The van der Waals surface area contributed by atoms with E-state index in [0.717, 1.165) is 38.2 Å². The molecule has 0 saturated carbocycles. The number of anilines is 1. The number of rotatable bonds is 3. The van der Waals surface area contributed by atoms with Crippen LogP contribution in [0.3, 0.4) is 0 Å². The van der Waals surface area contributed by atoms with Gasteiger partial charge in [0.1, 0.15) is 0 Å². The molecule has 0 aliphatic carbocycles. The summed E-state index contributed by atoms with van der Waals surface area (Å²) in [6, 6.07) is 8.27. The first kappa shape index (κ1) is 17.3. The van der Waals surface area contributed by atoms with Crippen molar-refractivity contribution >= 4 is 24.0 Å². The SMILES string of the molecule is Cc1ccc(N2CCC(N3CCC(C)(CN)C3)C2=O)cc1.Cl. The number of hydrogen-bond donors (Lipinski definition) is 1. The Balaban J connectivity index is 0.00000176. The fourth-order valence-corrected chi connectivity index (χ4v) is 3.48. The molecule has 122 valence electrons. The number of nitrogens with two attached hydrogens (primary N) is 1. The van der Waals surface area contributed by atoms with Crippen LogP contribution in [0.15, 0.2) is 24.3 Å². The van der Waals surface area contributed by atoms with Gasteiger partial charge in [-0.05, 0) is 50.4 Å². The molecule has 2 N–H and O–H groups in total. The van der Waals surface area contributed by atoms with Crippen molar-refractivity contribution < 1.29 is 4.79 Å². The second kappa shape index (κ2) is 6.57. The van der Waals surface area contributed by atoms with Crippen LogP contribution < -0.4 is 10.6 Å². The third-order valence-corrected chi connectivity index (χ3v) is 5.04. The second-order valence-corrected chi connectivity index (χ2v) is 6.87. The summed E-state index contributed by atoms with van der Waals surface area (Å²) in [6.45, 7) is 7.75. The molecule has 0 aromatic heterocycles. The first-order valence-electron chi connectivity index (χ1n) is 7.85. The molecule has 2 saturated heterocycles. The van der Waals surface area contributed by atoms with E-state index in [1.54, 1.807) is 0 Å². The van der Waals surface area contributed by atoms with Gasteiger partial charge in [-0.1, -0.05) is 24.6 Å². The van der Waals surface area contributed by atoms with E-state index in [4.69, 9.17) is 5.73 Å². The quantitative estimate of drug-likeness (QED) is 0.927. The van der Waals surface area contributed by atoms with Gasteiger partial charge in [0.05, 0.1) is 6.04 Å². The summed E-state index contributed by atoms with van der Waals surface area (Å²) in [5.74, 6) is 0.250. The van der Waals surface area contributed by atoms with E-state index >= 15 is 0 Å². The van der Waals surface area contributed by atoms with Gasteiger partial charge >= 0.3 is 0 Å². The number of hydrogen-bond acceptors (Lipinski definition) is 3. The monoisotopic (exact) mass is 323 g/mol. The van der Waals surface area contributed by atoms with Crippen LogP contribution in [0.4, 0.5) is 5.69 Å². The van der Waals surface area contributed by atoms with Gasteiger partial charge in [-0.3, -0.25) is 9.69 Å². The fraction of sp³-hybridized carbons (Fsp3) is 0.588. The molecule has 0 bridgehead atoms. The number of likely N-dealkylation sites (tertiary alicyclic amines) is 1. The molecule has 22 heavy (non-hydrogen) atoms. The van der Waals surface area contributed by atoms with Gasteiger partial charge in [0.25, 0.3) is 0 Å². The Hall–Kier alpha value is -1.10. The first-order chi connectivity index (χ1) is 10.0. The van der Waals surface area contributed by atoms with Crippen molar-refractivity contribution in [3.8, 4) is 0 Å². The molecule has 5 heteroatoms. The molecule has 0 spiro atoms. The zero-order valence-corrected chi connectivity index (χ0v) is 14.2. The van der Waals surface area contributed by atoms with Crippen LogP contribution in [0.25, 0.3) is 0 Å². The topological polar surface area (TPSA) is 49.6 Å². The van der Waals surface area contributed by atoms with Crippen LogP contribution in [0.2, 0.25) is 0 Å². The lowest BCUT2D eigenvalue weighted by Crippen LogP contribution is -2.42. The van der Waals surface area contributed by atoms with Gasteiger partial charge < -0.3 is 10.6 Å². The molecule has 2 aliphatic heterocycles. The first-order valence-corrected chi connectivity index (χ1v) is 7.85. The van der Waals surface area contributed by atoms with Crippen molar-refractivity contribution in [2.45, 2.75) is 32.7 Å². The van der Waals surface area contributed by atoms with Gasteiger partial charge in [0.2, 0.25) is 5.91 Å². The molecule has 2 heterocycles. The highest BCUT2D eigenvalue weighted by molar-refractivity contribution is 5.99. The standard InChI is InChI=1S/C17H25N3O.ClH/c1-13-3-5-14(6-4-13)20-9-7-15(16(20)21)19-10-8-17(2,11-18)12-19;/h3-6,15H,7-12,18H2,1-2H3;1H. The number of aryl methyl sites for hydroxylation is 1. The third-order valence-electron chi connectivity index (χ3n) is 5.04. The van der Waals surface area contributed by atoms with Crippen LogP contribution in [0.5, 0.6) is 0 Å². The van der Waals surface area contributed by atoms with E-state index < -0.39 is 0 Å². The number of carbonyl (C=O) groups excluding carboxylic acids is 1. The summed E-state index contributed by atoms with van der Waals surface area (Å²) in [5, 5.41) is 0. The summed E-state index contributed by atoms with van der Waals surface area (Å²) >= 11 is 0. The van der Waals surface area contributed by atoms with Crippen molar-refractivity contribution in [3.05, 3.63) is 29.8 Å². The molecular formula is C17H26ClN3O. The lowest BCUT2D eigenvalue weighted by atomic mass is 9.90. The average molecular weight is 324 g/mol. The van der Waals surface area contributed by atoms with Crippen LogP contribution in [-0.2, 0) is 4.79 Å². The van der Waals surface area contributed by atoms with Gasteiger partial charge in [-0.2, -0.15) is 0 Å². The van der Waals surface area contributed by atoms with Crippen molar-refractivity contribution in [3.63, 3.8) is 0 Å². The maximum atomic E-state index is 12.7. The highest BCUT2D eigenvalue weighted by Crippen LogP contribution is 2.33. The third kappa shape index (κ3) is 3.14. The predicted molar refractivity (Wildman–Crippen MR) is 92.5 cm³/mol. The summed E-state index contributed by atoms with van der Waals surface area (Å²) in [6.07, 6.45) is 2.02. The molecule has 2 atom stereocenters. The minimum Gasteiger partial charge on any atom is -0.330 e. The van der Waals surface area contributed by atoms with E-state index in [0.29, 0.717) is 6.54 Å². The van der Waals surface area contributed by atoms with Gasteiger partial charge in [0.15, 0.2) is 0 Å². The van der Waals surface area contributed by atoms with Crippen LogP contribution in [-0.4, -0.2) is 43.0 Å². The second-order valence-electron chi connectivity index (χ2n) is 6.87. The minimum atomic E-state index is 0. The molecule has 2 fully saturated rings. The zero-order valence-electron chi connectivity index (χ0n) is 13.4. The molecule has 1 aromatic carbocycles. The minimum absolute atomic E-state index is 0. The van der Waals surface area contributed by atoms with Crippen molar-refractivity contribution in [1.29, 1.82) is 0 Å². The van der Waals surface area contributed by atoms with Crippen LogP contribution in [0.1, 0.15) is 25.3 Å². The fourth-order valence-electron chi connectivity index (χ4n) is 3.48. The van der Waals surface area contributed by atoms with Crippen LogP contribution >= 0.6 is 12.4 Å². The normalized spacial score (nSPS) is 29.0. The van der Waals surface area contributed by atoms with E-state index in [1.807, 2.05) is 17.0 Å². The Morgan fingerprint density at radius 2 is 1.95 bits per heavy atom. The smallest absolute Gasteiger partial charge is 0.244 e. The molecule has 2 unspecified atom stereocenters. The van der Waals surface area contributed by atoms with E-state index in [-0.39, 0.29) is 29.8 Å². The number of benzene rings is 1. The molecule has 2 aliphatic rings. The molecule has 1 aromatic rings. The van der Waals surface area contributed by atoms with Gasteiger partial charge in [0, 0.05) is 18.8 Å². The van der Waals surface area contributed by atoms with Crippen molar-refractivity contribution in [2.24, 2.45) is 11.1 Å². The predicted octanol–water partition coefficient (Wildman–Crippen LogP) is 2.19. The van der Waals surface area contributed by atoms with Crippen LogP contribution in [0, 0.1) is 12.3 Å². The summed E-state index contributed by atoms with van der Waals surface area (Å²) in [7, 11) is 0. The molecule has 3 rings (SSSR count). The Morgan fingerprint density at radius 1 is 1.27 bits per heavy atom. The molecule has 0 radical (unpaired) electrons. The molecule has 1 amide bonds. The lowest BCUT2D eigenvalue weighted by molar-refractivity contribution is -0.121. The number of halogens is 1. The number of nitrogens with zero attached hydrogens (tertiary/aromatic N) is 2. The highest BCUT2D eigenvalue weighted by atomic mass is 35.5. The van der Waals surface area contributed by atoms with Gasteiger partial charge in [-0.15, -0.1) is 12.4 Å². The number of carbonyl (C=O) groups is 1. The number of amides is 1. The summed E-state index contributed by atoms with van der Waals surface area (Å²) < 4.78 is 0. The highest BCUT2D eigenvalue weighted by Gasteiger charge is 2.42.